The summed E-state index contributed by atoms with van der Waals surface area (Å²) in [4.78, 5) is 6.96. The zero-order chi connectivity index (χ0) is 14.5. The van der Waals surface area contributed by atoms with Crippen LogP contribution in [0, 0.1) is 5.92 Å². The van der Waals surface area contributed by atoms with Crippen LogP contribution >= 0.6 is 0 Å². The van der Waals surface area contributed by atoms with Gasteiger partial charge in [0.05, 0.1) is 0 Å². The molecule has 0 radical (unpaired) electrons. The smallest absolute Gasteiger partial charge is 0.0346 e. The normalized spacial score (nSPS) is 19.2. The highest BCUT2D eigenvalue weighted by atomic mass is 15.1. The van der Waals surface area contributed by atoms with E-state index in [-0.39, 0.29) is 0 Å². The Labute approximate surface area is 127 Å². The molecule has 1 unspecified atom stereocenters. The predicted molar refractivity (Wildman–Crippen MR) is 88.3 cm³/mol. The van der Waals surface area contributed by atoms with Gasteiger partial charge in [-0.2, -0.15) is 0 Å². The molecular weight excluding hydrogens is 258 g/mol. The number of hydrogen-bond acceptors (Lipinski definition) is 3. The number of nitrogens with one attached hydrogen (secondary N) is 1. The molecule has 3 heteroatoms. The average Bonchev–Trinajstić information content (AvgIpc) is 2.55. The molecular formula is C18H25N3. The molecule has 1 aliphatic heterocycles. The predicted octanol–water partition coefficient (Wildman–Crippen LogP) is 3.06. The average molecular weight is 283 g/mol. The molecule has 21 heavy (non-hydrogen) atoms. The van der Waals surface area contributed by atoms with Crippen LogP contribution in [-0.2, 0) is 6.54 Å². The SMILES string of the molecule is CCN(Cc1cncc2ccccc12)CC1CCCNC1. The molecule has 0 saturated carbocycles. The third kappa shape index (κ3) is 3.60. The van der Waals surface area contributed by atoms with Gasteiger partial charge in [-0.15, -0.1) is 0 Å². The van der Waals surface area contributed by atoms with Crippen LogP contribution in [0.1, 0.15) is 25.3 Å². The van der Waals surface area contributed by atoms with E-state index < -0.39 is 0 Å². The zero-order valence-corrected chi connectivity index (χ0v) is 12.9. The standard InChI is InChI=1S/C18H25N3/c1-2-21(13-15-6-5-9-19-10-15)14-17-12-20-11-16-7-3-4-8-18(16)17/h3-4,7-8,11-12,15,19H,2,5-6,9-10,13-14H2,1H3. The summed E-state index contributed by atoms with van der Waals surface area (Å²) in [5.74, 6) is 0.793. The minimum Gasteiger partial charge on any atom is -0.316 e. The van der Waals surface area contributed by atoms with Crippen molar-refractivity contribution in [3.8, 4) is 0 Å². The highest BCUT2D eigenvalue weighted by molar-refractivity contribution is 5.84. The first-order valence-corrected chi connectivity index (χ1v) is 8.11. The first-order valence-electron chi connectivity index (χ1n) is 8.11. The van der Waals surface area contributed by atoms with Crippen molar-refractivity contribution in [3.05, 3.63) is 42.2 Å². The number of aromatic nitrogens is 1. The third-order valence-electron chi connectivity index (χ3n) is 4.51. The van der Waals surface area contributed by atoms with Crippen molar-refractivity contribution < 1.29 is 0 Å². The Balaban J connectivity index is 1.72. The Bertz CT molecular complexity index is 570. The molecule has 3 nitrogen and oxygen atoms in total. The van der Waals surface area contributed by atoms with Gasteiger partial charge in [-0.05, 0) is 49.3 Å². The monoisotopic (exact) mass is 283 g/mol. The van der Waals surface area contributed by atoms with Gasteiger partial charge < -0.3 is 5.32 Å². The summed E-state index contributed by atoms with van der Waals surface area (Å²) < 4.78 is 0. The van der Waals surface area contributed by atoms with Crippen molar-refractivity contribution in [1.82, 2.24) is 15.2 Å². The summed E-state index contributed by atoms with van der Waals surface area (Å²) in [6.07, 6.45) is 6.67. The molecule has 1 fully saturated rings. The van der Waals surface area contributed by atoms with Gasteiger partial charge >= 0.3 is 0 Å². The van der Waals surface area contributed by atoms with Crippen LogP contribution in [0.5, 0.6) is 0 Å². The van der Waals surface area contributed by atoms with Crippen LogP contribution in [-0.4, -0.2) is 36.1 Å². The van der Waals surface area contributed by atoms with E-state index in [2.05, 4.69) is 46.4 Å². The summed E-state index contributed by atoms with van der Waals surface area (Å²) >= 11 is 0. The molecule has 2 heterocycles. The Hall–Kier alpha value is -1.45. The molecule has 1 aromatic carbocycles. The van der Waals surface area contributed by atoms with Crippen LogP contribution in [0.2, 0.25) is 0 Å². The maximum atomic E-state index is 4.41. The molecule has 0 spiro atoms. The number of hydrogen-bond donors (Lipinski definition) is 1. The van der Waals surface area contributed by atoms with Crippen molar-refractivity contribution >= 4 is 10.8 Å². The molecule has 1 N–H and O–H groups in total. The van der Waals surface area contributed by atoms with E-state index in [1.54, 1.807) is 0 Å². The summed E-state index contributed by atoms with van der Waals surface area (Å²) in [6.45, 7) is 7.91. The van der Waals surface area contributed by atoms with Gasteiger partial charge in [-0.3, -0.25) is 9.88 Å². The van der Waals surface area contributed by atoms with Gasteiger partial charge in [0, 0.05) is 30.9 Å². The van der Waals surface area contributed by atoms with Gasteiger partial charge in [0.15, 0.2) is 0 Å². The lowest BCUT2D eigenvalue weighted by Gasteiger charge is -2.29. The minimum absolute atomic E-state index is 0.793. The van der Waals surface area contributed by atoms with E-state index in [0.29, 0.717) is 0 Å². The van der Waals surface area contributed by atoms with E-state index in [1.807, 2.05) is 12.4 Å². The number of piperidine rings is 1. The molecule has 3 rings (SSSR count). The van der Waals surface area contributed by atoms with Gasteiger partial charge in [-0.1, -0.05) is 31.2 Å². The molecule has 112 valence electrons. The number of benzene rings is 1. The topological polar surface area (TPSA) is 28.2 Å². The fraction of sp³-hybridized carbons (Fsp3) is 0.500. The van der Waals surface area contributed by atoms with E-state index >= 15 is 0 Å². The lowest BCUT2D eigenvalue weighted by Crippen LogP contribution is -2.38. The molecule has 0 aliphatic carbocycles. The molecule has 0 bridgehead atoms. The first-order chi connectivity index (χ1) is 10.4. The molecule has 1 saturated heterocycles. The largest absolute Gasteiger partial charge is 0.316 e. The van der Waals surface area contributed by atoms with Crippen LogP contribution in [0.3, 0.4) is 0 Å². The second-order valence-electron chi connectivity index (χ2n) is 6.06. The minimum atomic E-state index is 0.793. The fourth-order valence-corrected chi connectivity index (χ4v) is 3.30. The quantitative estimate of drug-likeness (QED) is 0.914. The summed E-state index contributed by atoms with van der Waals surface area (Å²) in [5, 5.41) is 6.10. The van der Waals surface area contributed by atoms with Crippen molar-refractivity contribution in [2.24, 2.45) is 5.92 Å². The Morgan fingerprint density at radius 2 is 2.19 bits per heavy atom. The summed E-state index contributed by atoms with van der Waals surface area (Å²) in [6, 6.07) is 8.56. The van der Waals surface area contributed by atoms with Crippen molar-refractivity contribution in [1.29, 1.82) is 0 Å². The van der Waals surface area contributed by atoms with E-state index in [1.165, 1.54) is 48.8 Å². The Kier molecular flexibility index (Phi) is 4.84. The Morgan fingerprint density at radius 1 is 1.29 bits per heavy atom. The summed E-state index contributed by atoms with van der Waals surface area (Å²) in [7, 11) is 0. The Morgan fingerprint density at radius 3 is 3.00 bits per heavy atom. The van der Waals surface area contributed by atoms with E-state index in [0.717, 1.165) is 19.0 Å². The highest BCUT2D eigenvalue weighted by Gasteiger charge is 2.16. The van der Waals surface area contributed by atoms with Crippen LogP contribution in [0.15, 0.2) is 36.7 Å². The highest BCUT2D eigenvalue weighted by Crippen LogP contribution is 2.20. The van der Waals surface area contributed by atoms with Crippen molar-refractivity contribution in [2.45, 2.75) is 26.3 Å². The number of fused-ring (bicyclic) bond motifs is 1. The molecule has 1 atom stereocenters. The van der Waals surface area contributed by atoms with Gasteiger partial charge in [0.25, 0.3) is 0 Å². The molecule has 2 aromatic rings. The molecule has 0 amide bonds. The number of pyridine rings is 1. The van der Waals surface area contributed by atoms with Crippen LogP contribution < -0.4 is 5.32 Å². The van der Waals surface area contributed by atoms with E-state index in [4.69, 9.17) is 0 Å². The van der Waals surface area contributed by atoms with Gasteiger partial charge in [0.2, 0.25) is 0 Å². The lowest BCUT2D eigenvalue weighted by molar-refractivity contribution is 0.210. The second-order valence-corrected chi connectivity index (χ2v) is 6.06. The summed E-state index contributed by atoms with van der Waals surface area (Å²) in [5.41, 5.74) is 1.35. The van der Waals surface area contributed by atoms with Gasteiger partial charge in [-0.25, -0.2) is 0 Å². The molecule has 1 aliphatic rings. The van der Waals surface area contributed by atoms with Crippen molar-refractivity contribution in [2.75, 3.05) is 26.2 Å². The number of rotatable bonds is 5. The lowest BCUT2D eigenvalue weighted by atomic mass is 9.98. The van der Waals surface area contributed by atoms with E-state index in [9.17, 15) is 0 Å². The fourth-order valence-electron chi connectivity index (χ4n) is 3.30. The van der Waals surface area contributed by atoms with Crippen LogP contribution in [0.4, 0.5) is 0 Å². The third-order valence-corrected chi connectivity index (χ3v) is 4.51. The zero-order valence-electron chi connectivity index (χ0n) is 12.9. The van der Waals surface area contributed by atoms with Gasteiger partial charge in [0.1, 0.15) is 0 Å². The second kappa shape index (κ2) is 7.01. The maximum Gasteiger partial charge on any atom is 0.0346 e. The first kappa shape index (κ1) is 14.5. The van der Waals surface area contributed by atoms with Crippen molar-refractivity contribution in [3.63, 3.8) is 0 Å². The van der Waals surface area contributed by atoms with Crippen LogP contribution in [0.25, 0.3) is 10.8 Å². The molecule has 1 aromatic heterocycles. The maximum absolute atomic E-state index is 4.41. The number of nitrogens with zero attached hydrogens (tertiary/aromatic N) is 2.